The minimum Gasteiger partial charge on any atom is -0.373 e. The van der Waals surface area contributed by atoms with Crippen LogP contribution in [0.4, 0.5) is 0 Å². The van der Waals surface area contributed by atoms with Crippen molar-refractivity contribution >= 4 is 19.7 Å². The monoisotopic (exact) mass is 254 g/mol. The Kier molecular flexibility index (Phi) is 5.77. The Morgan fingerprint density at radius 3 is 1.47 bits per heavy atom. The van der Waals surface area contributed by atoms with Crippen LogP contribution in [0, 0.1) is 0 Å². The smallest absolute Gasteiger partial charge is 0.168 e. The van der Waals surface area contributed by atoms with Gasteiger partial charge in [0.15, 0.2) is 19.7 Å². The Morgan fingerprint density at radius 1 is 0.867 bits per heavy atom. The van der Waals surface area contributed by atoms with Crippen molar-refractivity contribution in [1.82, 2.24) is 0 Å². The number of sulfone groups is 2. The molecule has 0 aromatic carbocycles. The summed E-state index contributed by atoms with van der Waals surface area (Å²) in [5.74, 6) is 0. The molecule has 0 radical (unpaired) electrons. The molecular formula is C8H14O5S2. The van der Waals surface area contributed by atoms with Gasteiger partial charge in [-0.15, -0.1) is 0 Å². The van der Waals surface area contributed by atoms with Gasteiger partial charge in [-0.25, -0.2) is 16.8 Å². The number of hydrogen-bond donors (Lipinski definition) is 0. The van der Waals surface area contributed by atoms with Crippen molar-refractivity contribution in [3.8, 4) is 0 Å². The van der Waals surface area contributed by atoms with Gasteiger partial charge in [-0.3, -0.25) is 0 Å². The van der Waals surface area contributed by atoms with Gasteiger partial charge in [-0.1, -0.05) is 0 Å². The molecule has 0 N–H and O–H groups in total. The van der Waals surface area contributed by atoms with Crippen molar-refractivity contribution in [2.24, 2.45) is 0 Å². The van der Waals surface area contributed by atoms with Gasteiger partial charge in [0.05, 0.1) is 13.2 Å². The Hall–Kier alpha value is -0.660. The Balaban J connectivity index is 3.75. The van der Waals surface area contributed by atoms with Crippen LogP contribution in [0.5, 0.6) is 0 Å². The van der Waals surface area contributed by atoms with Crippen LogP contribution in [0.15, 0.2) is 23.0 Å². The summed E-state index contributed by atoms with van der Waals surface area (Å²) in [4.78, 5) is 0. The van der Waals surface area contributed by atoms with Crippen LogP contribution in [0.25, 0.3) is 0 Å². The zero-order chi connectivity index (χ0) is 11.9. The molecule has 0 fully saturated rings. The lowest BCUT2D eigenvalue weighted by Crippen LogP contribution is -1.95. The molecule has 0 aliphatic rings. The van der Waals surface area contributed by atoms with Crippen molar-refractivity contribution < 1.29 is 21.6 Å². The van der Waals surface area contributed by atoms with E-state index in [0.717, 1.165) is 23.3 Å². The molecule has 5 nitrogen and oxygen atoms in total. The molecule has 0 aromatic rings. The van der Waals surface area contributed by atoms with Crippen LogP contribution in [-0.4, -0.2) is 42.6 Å². The summed E-state index contributed by atoms with van der Waals surface area (Å²) in [6, 6.07) is 0. The molecule has 0 saturated heterocycles. The highest BCUT2D eigenvalue weighted by atomic mass is 32.2. The van der Waals surface area contributed by atoms with E-state index in [4.69, 9.17) is 4.74 Å². The molecule has 0 aliphatic carbocycles. The van der Waals surface area contributed by atoms with Crippen molar-refractivity contribution in [1.29, 1.82) is 0 Å². The van der Waals surface area contributed by atoms with Crippen LogP contribution < -0.4 is 0 Å². The highest BCUT2D eigenvalue weighted by Gasteiger charge is 1.92. The second kappa shape index (κ2) is 6.04. The third-order valence-electron chi connectivity index (χ3n) is 1.11. The third kappa shape index (κ3) is 13.3. The molecule has 0 aliphatic heterocycles. The van der Waals surface area contributed by atoms with Crippen molar-refractivity contribution in [3.63, 3.8) is 0 Å². The van der Waals surface area contributed by atoms with E-state index < -0.39 is 19.7 Å². The Morgan fingerprint density at radius 2 is 1.20 bits per heavy atom. The lowest BCUT2D eigenvalue weighted by Gasteiger charge is -1.94. The molecule has 0 aromatic heterocycles. The fraction of sp³-hybridized carbons (Fsp3) is 0.500. The first-order chi connectivity index (χ1) is 6.71. The van der Waals surface area contributed by atoms with Crippen molar-refractivity contribution in [2.75, 3.05) is 25.7 Å². The Labute approximate surface area is 90.3 Å². The molecule has 0 saturated carbocycles. The topological polar surface area (TPSA) is 77.5 Å². The summed E-state index contributed by atoms with van der Waals surface area (Å²) in [6.07, 6.45) is 4.85. The van der Waals surface area contributed by atoms with Crippen LogP contribution in [0.1, 0.15) is 0 Å². The maximum absolute atomic E-state index is 10.6. The number of rotatable bonds is 6. The molecule has 7 heteroatoms. The molecule has 0 atom stereocenters. The van der Waals surface area contributed by atoms with Gasteiger partial charge < -0.3 is 4.74 Å². The van der Waals surface area contributed by atoms with Gasteiger partial charge in [0.25, 0.3) is 0 Å². The second-order valence-electron chi connectivity index (χ2n) is 2.94. The summed E-state index contributed by atoms with van der Waals surface area (Å²) in [5.41, 5.74) is 0. The predicted octanol–water partition coefficient (Wildman–Crippen LogP) is 0.120. The highest BCUT2D eigenvalue weighted by molar-refractivity contribution is 7.93. The fourth-order valence-electron chi connectivity index (χ4n) is 0.632. The molecule has 0 unspecified atom stereocenters. The second-order valence-corrected chi connectivity index (χ2v) is 6.80. The first-order valence-electron chi connectivity index (χ1n) is 4.02. The average molecular weight is 254 g/mol. The van der Waals surface area contributed by atoms with E-state index in [0.29, 0.717) is 0 Å². The molecule has 0 spiro atoms. The average Bonchev–Trinajstić information content (AvgIpc) is 1.98. The maximum Gasteiger partial charge on any atom is 0.168 e. The standard InChI is InChI=1S/C8H14O5S2/c1-14(9,10)7-3-5-13-6-4-8-15(2,11)12/h3-4,7-8H,5-6H2,1-2H3. The fourth-order valence-corrected chi connectivity index (χ4v) is 1.49. The summed E-state index contributed by atoms with van der Waals surface area (Å²) in [5, 5.41) is 2.07. The third-order valence-corrected chi connectivity index (χ3v) is 2.49. The largest absolute Gasteiger partial charge is 0.373 e. The van der Waals surface area contributed by atoms with Crippen LogP contribution >= 0.6 is 0 Å². The number of hydrogen-bond acceptors (Lipinski definition) is 5. The molecule has 0 heterocycles. The highest BCUT2D eigenvalue weighted by Crippen LogP contribution is 1.88. The quantitative estimate of drug-likeness (QED) is 0.629. The van der Waals surface area contributed by atoms with Crippen molar-refractivity contribution in [3.05, 3.63) is 23.0 Å². The van der Waals surface area contributed by atoms with E-state index in [-0.39, 0.29) is 13.2 Å². The Bertz CT molecular complexity index is 386. The van der Waals surface area contributed by atoms with Gasteiger partial charge in [-0.05, 0) is 12.2 Å². The molecule has 0 rings (SSSR count). The minimum atomic E-state index is -3.11. The zero-order valence-corrected chi connectivity index (χ0v) is 10.2. The van der Waals surface area contributed by atoms with Crippen LogP contribution in [0.3, 0.4) is 0 Å². The summed E-state index contributed by atoms with van der Waals surface area (Å²) >= 11 is 0. The van der Waals surface area contributed by atoms with Gasteiger partial charge in [0.1, 0.15) is 0 Å². The van der Waals surface area contributed by atoms with Crippen molar-refractivity contribution in [2.45, 2.75) is 0 Å². The molecule has 0 bridgehead atoms. The molecular weight excluding hydrogens is 240 g/mol. The van der Waals surface area contributed by atoms with E-state index >= 15 is 0 Å². The predicted molar refractivity (Wildman–Crippen MR) is 58.8 cm³/mol. The first-order valence-corrected chi connectivity index (χ1v) is 7.92. The maximum atomic E-state index is 10.6. The van der Waals surface area contributed by atoms with Gasteiger partial charge in [0, 0.05) is 23.3 Å². The van der Waals surface area contributed by atoms with E-state index in [1.807, 2.05) is 0 Å². The van der Waals surface area contributed by atoms with Gasteiger partial charge in [-0.2, -0.15) is 0 Å². The van der Waals surface area contributed by atoms with Crippen LogP contribution in [-0.2, 0) is 24.4 Å². The SMILES string of the molecule is CS(=O)(=O)C=CCOCC=CS(C)(=O)=O. The summed E-state index contributed by atoms with van der Waals surface area (Å²) in [7, 11) is -6.23. The lowest BCUT2D eigenvalue weighted by atomic mass is 10.6. The lowest BCUT2D eigenvalue weighted by molar-refractivity contribution is 0.194. The van der Waals surface area contributed by atoms with E-state index in [9.17, 15) is 16.8 Å². The van der Waals surface area contributed by atoms with E-state index in [2.05, 4.69) is 0 Å². The van der Waals surface area contributed by atoms with Crippen LogP contribution in [0.2, 0.25) is 0 Å². The molecule has 88 valence electrons. The summed E-state index contributed by atoms with van der Waals surface area (Å²) < 4.78 is 47.4. The van der Waals surface area contributed by atoms with Gasteiger partial charge in [0.2, 0.25) is 0 Å². The molecule has 0 amide bonds. The first kappa shape index (κ1) is 14.3. The van der Waals surface area contributed by atoms with E-state index in [1.165, 1.54) is 12.2 Å². The molecule has 15 heavy (non-hydrogen) atoms. The normalized spacial score (nSPS) is 14.0. The number of ether oxygens (including phenoxy) is 1. The zero-order valence-electron chi connectivity index (χ0n) is 8.58. The minimum absolute atomic E-state index is 0.126. The van der Waals surface area contributed by atoms with E-state index in [1.54, 1.807) is 0 Å². The van der Waals surface area contributed by atoms with Gasteiger partial charge >= 0.3 is 0 Å². The summed E-state index contributed by atoms with van der Waals surface area (Å²) in [6.45, 7) is 0.252.